The number of benzene rings is 1. The summed E-state index contributed by atoms with van der Waals surface area (Å²) in [5, 5.41) is 0.727. The Kier molecular flexibility index (Phi) is 2.14. The van der Waals surface area contributed by atoms with Crippen LogP contribution in [0.4, 0.5) is 0 Å². The monoisotopic (exact) mass is 278 g/mol. The summed E-state index contributed by atoms with van der Waals surface area (Å²) in [5.74, 6) is 0.862. The number of halogens is 1. The van der Waals surface area contributed by atoms with Crippen molar-refractivity contribution in [2.75, 3.05) is 0 Å². The van der Waals surface area contributed by atoms with Crippen LogP contribution >= 0.6 is 15.9 Å². The van der Waals surface area contributed by atoms with E-state index in [0.717, 1.165) is 35.3 Å². The number of nitrogens with zero attached hydrogens (tertiary/aromatic N) is 2. The van der Waals surface area contributed by atoms with Crippen LogP contribution in [0, 0.1) is 6.92 Å². The largest absolute Gasteiger partial charge is 0.295 e. The maximum Gasteiger partial charge on any atom is 0.261 e. The number of aryl methyl sites for hydroxylation is 1. The van der Waals surface area contributed by atoms with E-state index in [1.807, 2.05) is 25.1 Å². The molecule has 0 unspecified atom stereocenters. The molecule has 0 amide bonds. The molecule has 0 spiro atoms. The Labute approximate surface area is 101 Å². The molecule has 0 fully saturated rings. The molecule has 1 atom stereocenters. The van der Waals surface area contributed by atoms with E-state index < -0.39 is 0 Å². The Morgan fingerprint density at radius 2 is 2.31 bits per heavy atom. The van der Waals surface area contributed by atoms with Gasteiger partial charge in [-0.25, -0.2) is 4.98 Å². The third-order valence-electron chi connectivity index (χ3n) is 3.03. The first-order valence-corrected chi connectivity index (χ1v) is 6.23. The minimum absolute atomic E-state index is 0.0886. The number of aromatic nitrogens is 2. The molecular weight excluding hydrogens is 268 g/mol. The lowest BCUT2D eigenvalue weighted by atomic mass is 10.2. The van der Waals surface area contributed by atoms with Crippen molar-refractivity contribution in [2.45, 2.75) is 24.7 Å². The number of rotatable bonds is 0. The van der Waals surface area contributed by atoms with E-state index in [-0.39, 0.29) is 10.4 Å². The molecule has 1 aromatic carbocycles. The van der Waals surface area contributed by atoms with Crippen molar-refractivity contribution in [1.82, 2.24) is 9.55 Å². The van der Waals surface area contributed by atoms with E-state index in [1.54, 1.807) is 4.57 Å². The fourth-order valence-electron chi connectivity index (χ4n) is 2.18. The highest BCUT2D eigenvalue weighted by Crippen LogP contribution is 2.31. The molecule has 16 heavy (non-hydrogen) atoms. The summed E-state index contributed by atoms with van der Waals surface area (Å²) in [4.78, 5) is 17.0. The van der Waals surface area contributed by atoms with E-state index >= 15 is 0 Å². The number of alkyl halides is 1. The van der Waals surface area contributed by atoms with Crippen molar-refractivity contribution in [2.24, 2.45) is 0 Å². The highest BCUT2D eigenvalue weighted by molar-refractivity contribution is 9.09. The highest BCUT2D eigenvalue weighted by Gasteiger charge is 2.23. The fourth-order valence-corrected chi connectivity index (χ4v) is 2.73. The minimum Gasteiger partial charge on any atom is -0.295 e. The van der Waals surface area contributed by atoms with E-state index in [9.17, 15) is 4.79 Å². The van der Waals surface area contributed by atoms with Crippen LogP contribution in [0.1, 0.15) is 22.6 Å². The normalized spacial score (nSPS) is 19.0. The zero-order valence-corrected chi connectivity index (χ0v) is 10.5. The van der Waals surface area contributed by atoms with E-state index in [2.05, 4.69) is 20.9 Å². The Morgan fingerprint density at radius 3 is 3.12 bits per heavy atom. The van der Waals surface area contributed by atoms with E-state index in [4.69, 9.17) is 0 Å². The van der Waals surface area contributed by atoms with Gasteiger partial charge < -0.3 is 0 Å². The van der Waals surface area contributed by atoms with Crippen LogP contribution in [-0.4, -0.2) is 9.55 Å². The molecule has 4 heteroatoms. The van der Waals surface area contributed by atoms with Gasteiger partial charge in [0.2, 0.25) is 0 Å². The van der Waals surface area contributed by atoms with Gasteiger partial charge in [0.25, 0.3) is 5.56 Å². The SMILES string of the molecule is Cc1ccc2nc3n(c(=O)c2c1)CC[C@@H]3Br. The van der Waals surface area contributed by atoms with Crippen LogP contribution in [0.2, 0.25) is 0 Å². The summed E-state index contributed by atoms with van der Waals surface area (Å²) in [6.07, 6.45) is 0.942. The van der Waals surface area contributed by atoms with E-state index in [1.165, 1.54) is 0 Å². The quantitative estimate of drug-likeness (QED) is 0.695. The second-order valence-electron chi connectivity index (χ2n) is 4.20. The Balaban J connectivity index is 2.44. The van der Waals surface area contributed by atoms with Crippen LogP contribution in [0.15, 0.2) is 23.0 Å². The maximum atomic E-state index is 12.2. The fraction of sp³-hybridized carbons (Fsp3) is 0.333. The van der Waals surface area contributed by atoms with Crippen LogP contribution in [0.3, 0.4) is 0 Å². The Morgan fingerprint density at radius 1 is 1.50 bits per heavy atom. The molecule has 0 N–H and O–H groups in total. The summed E-state index contributed by atoms with van der Waals surface area (Å²) >= 11 is 3.55. The van der Waals surface area contributed by atoms with Crippen molar-refractivity contribution >= 4 is 26.8 Å². The molecule has 0 saturated carbocycles. The van der Waals surface area contributed by atoms with Crippen molar-refractivity contribution in [1.29, 1.82) is 0 Å². The molecule has 1 aromatic heterocycles. The zero-order chi connectivity index (χ0) is 11.3. The summed E-state index contributed by atoms with van der Waals surface area (Å²) in [6.45, 7) is 2.75. The summed E-state index contributed by atoms with van der Waals surface area (Å²) in [5.41, 5.74) is 1.99. The van der Waals surface area contributed by atoms with Crippen molar-refractivity contribution in [3.8, 4) is 0 Å². The number of hydrogen-bond acceptors (Lipinski definition) is 2. The average Bonchev–Trinajstić information content (AvgIpc) is 2.63. The molecule has 3 nitrogen and oxygen atoms in total. The van der Waals surface area contributed by atoms with Crippen molar-refractivity contribution < 1.29 is 0 Å². The van der Waals surface area contributed by atoms with Gasteiger partial charge in [-0.3, -0.25) is 9.36 Å². The van der Waals surface area contributed by atoms with Gasteiger partial charge >= 0.3 is 0 Å². The van der Waals surface area contributed by atoms with Crippen LogP contribution in [0.5, 0.6) is 0 Å². The third-order valence-corrected chi connectivity index (χ3v) is 3.89. The zero-order valence-electron chi connectivity index (χ0n) is 8.90. The number of hydrogen-bond donors (Lipinski definition) is 0. The molecule has 1 aliphatic heterocycles. The average molecular weight is 279 g/mol. The van der Waals surface area contributed by atoms with Gasteiger partial charge in [-0.15, -0.1) is 0 Å². The van der Waals surface area contributed by atoms with E-state index in [0.29, 0.717) is 0 Å². The van der Waals surface area contributed by atoms with Gasteiger partial charge in [0.15, 0.2) is 0 Å². The second kappa shape index (κ2) is 3.42. The molecular formula is C12H11BrN2O. The van der Waals surface area contributed by atoms with Gasteiger partial charge in [0.05, 0.1) is 15.7 Å². The number of fused-ring (bicyclic) bond motifs is 2. The molecule has 0 saturated heterocycles. The van der Waals surface area contributed by atoms with Gasteiger partial charge in [-0.2, -0.15) is 0 Å². The van der Waals surface area contributed by atoms with Gasteiger partial charge in [-0.1, -0.05) is 27.6 Å². The first-order valence-electron chi connectivity index (χ1n) is 5.32. The summed E-state index contributed by atoms with van der Waals surface area (Å²) in [6, 6.07) is 5.83. The molecule has 3 rings (SSSR count). The first kappa shape index (κ1) is 10.0. The van der Waals surface area contributed by atoms with Crippen molar-refractivity contribution in [3.05, 3.63) is 39.9 Å². The van der Waals surface area contributed by atoms with Crippen molar-refractivity contribution in [3.63, 3.8) is 0 Å². The van der Waals surface area contributed by atoms with Gasteiger partial charge in [0.1, 0.15) is 5.82 Å². The Hall–Kier alpha value is -1.16. The van der Waals surface area contributed by atoms with Crippen LogP contribution in [0.25, 0.3) is 10.9 Å². The van der Waals surface area contributed by atoms with Gasteiger partial charge in [-0.05, 0) is 25.5 Å². The molecule has 1 aliphatic rings. The predicted molar refractivity (Wildman–Crippen MR) is 67.0 cm³/mol. The third kappa shape index (κ3) is 1.33. The lowest BCUT2D eigenvalue weighted by Crippen LogP contribution is -2.21. The highest BCUT2D eigenvalue weighted by atomic mass is 79.9. The smallest absolute Gasteiger partial charge is 0.261 e. The maximum absolute atomic E-state index is 12.2. The summed E-state index contributed by atoms with van der Waals surface area (Å²) < 4.78 is 1.78. The molecule has 0 aliphatic carbocycles. The van der Waals surface area contributed by atoms with Crippen LogP contribution < -0.4 is 5.56 Å². The Bertz CT molecular complexity index is 633. The molecule has 2 aromatic rings. The summed E-state index contributed by atoms with van der Waals surface area (Å²) in [7, 11) is 0. The lowest BCUT2D eigenvalue weighted by Gasteiger charge is -2.06. The first-order chi connectivity index (χ1) is 7.66. The lowest BCUT2D eigenvalue weighted by molar-refractivity contribution is 0.719. The van der Waals surface area contributed by atoms with Gasteiger partial charge in [0, 0.05) is 6.54 Å². The molecule has 0 radical (unpaired) electrons. The predicted octanol–water partition coefficient (Wildman–Crippen LogP) is 2.54. The standard InChI is InChI=1S/C12H11BrN2O/c1-7-2-3-10-8(6-7)12(16)15-5-4-9(13)11(15)14-10/h2-3,6,9H,4-5H2,1H3/t9-/m0/s1. The minimum atomic E-state index is 0.0886. The second-order valence-corrected chi connectivity index (χ2v) is 5.31. The molecule has 82 valence electrons. The molecule has 2 heterocycles. The topological polar surface area (TPSA) is 34.9 Å². The van der Waals surface area contributed by atoms with Crippen LogP contribution in [-0.2, 0) is 6.54 Å². The molecule has 0 bridgehead atoms.